The highest BCUT2D eigenvalue weighted by molar-refractivity contribution is 5.55. The fraction of sp³-hybridized carbons (Fsp3) is 0.545. The molecule has 0 saturated carbocycles. The molecule has 1 aromatic heterocycles. The minimum absolute atomic E-state index is 0.815. The van der Waals surface area contributed by atoms with Crippen molar-refractivity contribution in [3.63, 3.8) is 0 Å². The third-order valence-electron chi connectivity index (χ3n) is 5.44. The first-order chi connectivity index (χ1) is 11.7. The number of hydrogen-bond acceptors (Lipinski definition) is 2. The van der Waals surface area contributed by atoms with Gasteiger partial charge in [-0.25, -0.2) is 9.97 Å². The predicted octanol–water partition coefficient (Wildman–Crippen LogP) is 5.64. The molecule has 128 valence electrons. The lowest BCUT2D eigenvalue weighted by molar-refractivity contribution is 0.346. The second-order valence-corrected chi connectivity index (χ2v) is 7.47. The van der Waals surface area contributed by atoms with Gasteiger partial charge in [0.15, 0.2) is 5.82 Å². The topological polar surface area (TPSA) is 25.8 Å². The molecule has 0 saturated heterocycles. The van der Waals surface area contributed by atoms with Crippen molar-refractivity contribution in [2.45, 2.75) is 65.7 Å². The number of benzene rings is 1. The Bertz CT molecular complexity index is 660. The van der Waals surface area contributed by atoms with Gasteiger partial charge < -0.3 is 0 Å². The molecule has 2 nitrogen and oxygen atoms in total. The zero-order chi connectivity index (χ0) is 16.9. The zero-order valence-electron chi connectivity index (χ0n) is 15.4. The molecule has 1 heterocycles. The first-order valence-corrected chi connectivity index (χ1v) is 9.63. The lowest BCUT2D eigenvalue weighted by Crippen LogP contribution is -2.18. The van der Waals surface area contributed by atoms with E-state index in [2.05, 4.69) is 56.2 Å². The maximum absolute atomic E-state index is 4.88. The van der Waals surface area contributed by atoms with E-state index in [1.807, 2.05) is 0 Å². The van der Waals surface area contributed by atoms with Crippen LogP contribution in [0, 0.1) is 11.8 Å². The average Bonchev–Trinajstić information content (AvgIpc) is 2.62. The molecule has 1 aliphatic rings. The minimum atomic E-state index is 0.815. The van der Waals surface area contributed by atoms with Crippen molar-refractivity contribution >= 4 is 0 Å². The highest BCUT2D eigenvalue weighted by Crippen LogP contribution is 2.30. The molecule has 2 atom stereocenters. The summed E-state index contributed by atoms with van der Waals surface area (Å²) >= 11 is 0. The van der Waals surface area contributed by atoms with Crippen LogP contribution in [0.3, 0.4) is 0 Å². The minimum Gasteiger partial charge on any atom is -0.236 e. The molecule has 0 amide bonds. The van der Waals surface area contributed by atoms with Crippen molar-refractivity contribution in [1.29, 1.82) is 0 Å². The van der Waals surface area contributed by atoms with E-state index in [1.165, 1.54) is 42.5 Å². The van der Waals surface area contributed by atoms with Crippen LogP contribution in [0.15, 0.2) is 30.5 Å². The van der Waals surface area contributed by atoms with Gasteiger partial charge in [0, 0.05) is 17.5 Å². The van der Waals surface area contributed by atoms with Crippen LogP contribution in [0.25, 0.3) is 11.4 Å². The molecule has 0 fully saturated rings. The van der Waals surface area contributed by atoms with Crippen LogP contribution in [0.2, 0.25) is 0 Å². The van der Waals surface area contributed by atoms with E-state index in [1.54, 1.807) is 0 Å². The molecule has 0 spiro atoms. The van der Waals surface area contributed by atoms with Gasteiger partial charge in [0.1, 0.15) is 0 Å². The molecule has 2 unspecified atom stereocenters. The first-order valence-electron chi connectivity index (χ1n) is 9.63. The molecule has 3 rings (SSSR count). The van der Waals surface area contributed by atoms with Gasteiger partial charge in [-0.1, -0.05) is 57.9 Å². The van der Waals surface area contributed by atoms with E-state index >= 15 is 0 Å². The summed E-state index contributed by atoms with van der Waals surface area (Å²) in [6.45, 7) is 6.88. The molecule has 0 aliphatic heterocycles. The van der Waals surface area contributed by atoms with Crippen molar-refractivity contribution in [3.8, 4) is 11.4 Å². The third kappa shape index (κ3) is 4.03. The number of nitrogens with zero attached hydrogens (tertiary/aromatic N) is 2. The van der Waals surface area contributed by atoms with Gasteiger partial charge in [-0.15, -0.1) is 0 Å². The Morgan fingerprint density at radius 3 is 2.67 bits per heavy atom. The SMILES string of the molecule is CCCc1ccc(-c2ncc3c(n2)CCC(CC(C)CC)C3)cc1. The Kier molecular flexibility index (Phi) is 5.65. The smallest absolute Gasteiger partial charge is 0.159 e. The number of aromatic nitrogens is 2. The predicted molar refractivity (Wildman–Crippen MR) is 101 cm³/mol. The molecule has 1 aliphatic carbocycles. The molecular weight excluding hydrogens is 292 g/mol. The van der Waals surface area contributed by atoms with E-state index in [9.17, 15) is 0 Å². The normalized spacial score (nSPS) is 18.2. The summed E-state index contributed by atoms with van der Waals surface area (Å²) in [6.07, 6.45) is 10.6. The Hall–Kier alpha value is -1.70. The van der Waals surface area contributed by atoms with Gasteiger partial charge >= 0.3 is 0 Å². The van der Waals surface area contributed by atoms with Gasteiger partial charge in [0.2, 0.25) is 0 Å². The van der Waals surface area contributed by atoms with E-state index in [-0.39, 0.29) is 0 Å². The molecule has 2 aromatic rings. The number of fused-ring (bicyclic) bond motifs is 1. The summed E-state index contributed by atoms with van der Waals surface area (Å²) in [6, 6.07) is 8.76. The van der Waals surface area contributed by atoms with Crippen molar-refractivity contribution in [3.05, 3.63) is 47.3 Å². The van der Waals surface area contributed by atoms with Gasteiger partial charge in [-0.05, 0) is 55.1 Å². The summed E-state index contributed by atoms with van der Waals surface area (Å²) in [5.74, 6) is 2.53. The molecule has 0 radical (unpaired) electrons. The molecular formula is C22H30N2. The summed E-state index contributed by atoms with van der Waals surface area (Å²) in [7, 11) is 0. The lowest BCUT2D eigenvalue weighted by Gasteiger charge is -2.26. The molecule has 1 aromatic carbocycles. The Morgan fingerprint density at radius 2 is 1.96 bits per heavy atom. The standard InChI is InChI=1S/C22H30N2/c1-4-6-17-7-10-19(11-8-17)22-23-15-20-14-18(13-16(3)5-2)9-12-21(20)24-22/h7-8,10-11,15-16,18H,4-6,9,12-14H2,1-3H3. The van der Waals surface area contributed by atoms with Gasteiger partial charge in [-0.2, -0.15) is 0 Å². The quantitative estimate of drug-likeness (QED) is 0.688. The summed E-state index contributed by atoms with van der Waals surface area (Å²) in [5, 5.41) is 0. The Labute approximate surface area is 146 Å². The molecule has 2 heteroatoms. The van der Waals surface area contributed by atoms with Gasteiger partial charge in [-0.3, -0.25) is 0 Å². The fourth-order valence-electron chi connectivity index (χ4n) is 3.77. The van der Waals surface area contributed by atoms with Crippen LogP contribution in [0.1, 0.15) is 63.3 Å². The van der Waals surface area contributed by atoms with Crippen LogP contribution in [-0.2, 0) is 19.3 Å². The fourth-order valence-corrected chi connectivity index (χ4v) is 3.77. The van der Waals surface area contributed by atoms with Crippen LogP contribution >= 0.6 is 0 Å². The Morgan fingerprint density at radius 1 is 1.17 bits per heavy atom. The average molecular weight is 322 g/mol. The number of hydrogen-bond donors (Lipinski definition) is 0. The maximum atomic E-state index is 4.88. The van der Waals surface area contributed by atoms with E-state index in [4.69, 9.17) is 4.98 Å². The summed E-state index contributed by atoms with van der Waals surface area (Å²) in [4.78, 5) is 9.54. The van der Waals surface area contributed by atoms with Crippen LogP contribution in [0.5, 0.6) is 0 Å². The van der Waals surface area contributed by atoms with Crippen molar-refractivity contribution in [1.82, 2.24) is 9.97 Å². The van der Waals surface area contributed by atoms with E-state index < -0.39 is 0 Å². The van der Waals surface area contributed by atoms with Crippen molar-refractivity contribution < 1.29 is 0 Å². The third-order valence-corrected chi connectivity index (χ3v) is 5.44. The largest absolute Gasteiger partial charge is 0.236 e. The monoisotopic (exact) mass is 322 g/mol. The second kappa shape index (κ2) is 7.92. The Balaban J connectivity index is 1.73. The molecule has 24 heavy (non-hydrogen) atoms. The maximum Gasteiger partial charge on any atom is 0.159 e. The molecule has 0 bridgehead atoms. The van der Waals surface area contributed by atoms with E-state index in [0.29, 0.717) is 0 Å². The summed E-state index contributed by atoms with van der Waals surface area (Å²) < 4.78 is 0. The van der Waals surface area contributed by atoms with Crippen molar-refractivity contribution in [2.24, 2.45) is 11.8 Å². The second-order valence-electron chi connectivity index (χ2n) is 7.47. The van der Waals surface area contributed by atoms with Crippen LogP contribution in [-0.4, -0.2) is 9.97 Å². The van der Waals surface area contributed by atoms with Gasteiger partial charge in [0.05, 0.1) is 0 Å². The van der Waals surface area contributed by atoms with Crippen LogP contribution in [0.4, 0.5) is 0 Å². The summed E-state index contributed by atoms with van der Waals surface area (Å²) in [5.41, 5.74) is 5.19. The highest BCUT2D eigenvalue weighted by atomic mass is 14.9. The number of aryl methyl sites for hydroxylation is 2. The van der Waals surface area contributed by atoms with Gasteiger partial charge in [0.25, 0.3) is 0 Å². The van der Waals surface area contributed by atoms with Crippen molar-refractivity contribution in [2.75, 3.05) is 0 Å². The van der Waals surface area contributed by atoms with E-state index in [0.717, 1.165) is 42.5 Å². The number of rotatable bonds is 6. The zero-order valence-corrected chi connectivity index (χ0v) is 15.4. The molecule has 0 N–H and O–H groups in total. The van der Waals surface area contributed by atoms with Crippen LogP contribution < -0.4 is 0 Å². The highest BCUT2D eigenvalue weighted by Gasteiger charge is 2.22. The first kappa shape index (κ1) is 17.1. The lowest BCUT2D eigenvalue weighted by atomic mass is 9.81.